The summed E-state index contributed by atoms with van der Waals surface area (Å²) in [5, 5.41) is 3.73. The van der Waals surface area contributed by atoms with Gasteiger partial charge in [-0.15, -0.1) is 0 Å². The molecular weight excluding hydrogens is 254 g/mol. The lowest BCUT2D eigenvalue weighted by atomic mass is 10.1. The summed E-state index contributed by atoms with van der Waals surface area (Å²) in [5.41, 5.74) is 2.12. The van der Waals surface area contributed by atoms with Crippen molar-refractivity contribution in [1.82, 2.24) is 5.32 Å². The van der Waals surface area contributed by atoms with Gasteiger partial charge in [0.15, 0.2) is 0 Å². The maximum Gasteiger partial charge on any atom is 0.319 e. The molecule has 18 heavy (non-hydrogen) atoms. The Hall–Kier alpha value is -1.26. The van der Waals surface area contributed by atoms with E-state index in [-0.39, 0.29) is 12.5 Å². The van der Waals surface area contributed by atoms with Crippen LogP contribution in [0.5, 0.6) is 5.75 Å². The lowest BCUT2D eigenvalue weighted by Gasteiger charge is -2.10. The fraction of sp³-hybridized carbons (Fsp3) is 0.462. The van der Waals surface area contributed by atoms with Crippen molar-refractivity contribution in [3.05, 3.63) is 28.3 Å². The van der Waals surface area contributed by atoms with E-state index in [9.17, 15) is 4.79 Å². The molecule has 1 N–H and O–H groups in total. The fourth-order valence-corrected chi connectivity index (χ4v) is 2.25. The summed E-state index contributed by atoms with van der Waals surface area (Å²) in [5.74, 6) is 0.646. The van der Waals surface area contributed by atoms with E-state index in [0.717, 1.165) is 23.3 Å². The van der Waals surface area contributed by atoms with Gasteiger partial charge in [-0.1, -0.05) is 11.6 Å². The number of hydrogen-bond donors (Lipinski definition) is 1. The summed E-state index contributed by atoms with van der Waals surface area (Å²) in [6.45, 7) is 3.61. The first-order valence-corrected chi connectivity index (χ1v) is 6.39. The first-order chi connectivity index (χ1) is 8.70. The van der Waals surface area contributed by atoms with Gasteiger partial charge in [-0.05, 0) is 24.6 Å². The molecule has 0 saturated carbocycles. The normalized spacial score (nSPS) is 13.0. The Kier molecular flexibility index (Phi) is 4.44. The molecule has 0 aromatic heterocycles. The molecule has 1 heterocycles. The van der Waals surface area contributed by atoms with Gasteiger partial charge in [0.05, 0.1) is 19.8 Å². The quantitative estimate of drug-likeness (QED) is 0.830. The predicted octanol–water partition coefficient (Wildman–Crippen LogP) is 1.93. The van der Waals surface area contributed by atoms with E-state index >= 15 is 0 Å². The zero-order chi connectivity index (χ0) is 13.0. The molecule has 0 atom stereocenters. The summed E-state index contributed by atoms with van der Waals surface area (Å²) < 4.78 is 10.4. The van der Waals surface area contributed by atoms with Gasteiger partial charge in [-0.25, -0.2) is 0 Å². The maximum absolute atomic E-state index is 11.2. The van der Waals surface area contributed by atoms with Crippen LogP contribution in [-0.2, 0) is 22.5 Å². The Labute approximate surface area is 111 Å². The molecule has 4 nitrogen and oxygen atoms in total. The highest BCUT2D eigenvalue weighted by Crippen LogP contribution is 2.32. The summed E-state index contributed by atoms with van der Waals surface area (Å²) in [6.07, 6.45) is 0.890. The number of benzene rings is 1. The molecule has 0 spiro atoms. The van der Waals surface area contributed by atoms with Gasteiger partial charge in [0.25, 0.3) is 0 Å². The highest BCUT2D eigenvalue weighted by atomic mass is 35.5. The molecule has 1 aromatic rings. The molecule has 1 aromatic carbocycles. The van der Waals surface area contributed by atoms with Crippen LogP contribution in [0.1, 0.15) is 18.1 Å². The van der Waals surface area contributed by atoms with Crippen LogP contribution < -0.4 is 10.1 Å². The van der Waals surface area contributed by atoms with Crippen LogP contribution in [-0.4, -0.2) is 25.7 Å². The van der Waals surface area contributed by atoms with E-state index in [0.29, 0.717) is 24.8 Å². The third kappa shape index (κ3) is 3.15. The van der Waals surface area contributed by atoms with Crippen molar-refractivity contribution in [2.45, 2.75) is 19.9 Å². The van der Waals surface area contributed by atoms with Crippen LogP contribution in [0.25, 0.3) is 0 Å². The summed E-state index contributed by atoms with van der Waals surface area (Å²) in [4.78, 5) is 11.2. The second-order valence-electron chi connectivity index (χ2n) is 4.06. The zero-order valence-corrected chi connectivity index (χ0v) is 11.0. The van der Waals surface area contributed by atoms with Crippen LogP contribution in [0, 0.1) is 0 Å². The minimum atomic E-state index is -0.253. The van der Waals surface area contributed by atoms with E-state index in [1.807, 2.05) is 12.1 Å². The van der Waals surface area contributed by atoms with Crippen molar-refractivity contribution in [3.8, 4) is 5.75 Å². The number of nitrogens with one attached hydrogen (secondary N) is 1. The van der Waals surface area contributed by atoms with Crippen LogP contribution in [0.4, 0.5) is 0 Å². The van der Waals surface area contributed by atoms with Crippen molar-refractivity contribution in [1.29, 1.82) is 0 Å². The molecule has 1 aliphatic rings. The zero-order valence-electron chi connectivity index (χ0n) is 10.3. The number of halogens is 1. The van der Waals surface area contributed by atoms with E-state index in [4.69, 9.17) is 21.1 Å². The average molecular weight is 270 g/mol. The van der Waals surface area contributed by atoms with Crippen molar-refractivity contribution in [3.63, 3.8) is 0 Å². The highest BCUT2D eigenvalue weighted by Gasteiger charge is 2.17. The lowest BCUT2D eigenvalue weighted by molar-refractivity contribution is -0.142. The van der Waals surface area contributed by atoms with E-state index in [1.165, 1.54) is 0 Å². The van der Waals surface area contributed by atoms with Gasteiger partial charge in [-0.3, -0.25) is 4.79 Å². The molecule has 98 valence electrons. The van der Waals surface area contributed by atoms with Crippen molar-refractivity contribution >= 4 is 17.6 Å². The number of carbonyl (C=O) groups is 1. The molecule has 0 fully saturated rings. The number of rotatable bonds is 5. The summed E-state index contributed by atoms with van der Waals surface area (Å²) >= 11 is 6.04. The second kappa shape index (κ2) is 6.07. The maximum atomic E-state index is 11.2. The number of fused-ring (bicyclic) bond motifs is 1. The number of hydrogen-bond acceptors (Lipinski definition) is 4. The summed E-state index contributed by atoms with van der Waals surface area (Å²) in [6, 6.07) is 3.79. The number of carbonyl (C=O) groups excluding carboxylic acids is 1. The second-order valence-corrected chi connectivity index (χ2v) is 4.50. The van der Waals surface area contributed by atoms with Crippen LogP contribution >= 0.6 is 11.6 Å². The van der Waals surface area contributed by atoms with Gasteiger partial charge in [-0.2, -0.15) is 0 Å². The molecule has 0 unspecified atom stereocenters. The van der Waals surface area contributed by atoms with Crippen molar-refractivity contribution < 1.29 is 14.3 Å². The molecule has 0 radical (unpaired) electrons. The smallest absolute Gasteiger partial charge is 0.319 e. The molecule has 5 heteroatoms. The summed E-state index contributed by atoms with van der Waals surface area (Å²) in [7, 11) is 0. The number of esters is 1. The number of ether oxygens (including phenoxy) is 2. The third-order valence-electron chi connectivity index (χ3n) is 2.72. The van der Waals surface area contributed by atoms with E-state index in [1.54, 1.807) is 6.92 Å². The predicted molar refractivity (Wildman–Crippen MR) is 69.0 cm³/mol. The molecule has 0 amide bonds. The minimum Gasteiger partial charge on any atom is -0.493 e. The third-order valence-corrected chi connectivity index (χ3v) is 2.93. The SMILES string of the molecule is CCOC(=O)CNCc1cc(Cl)cc2c1OCC2. The van der Waals surface area contributed by atoms with Gasteiger partial charge in [0.2, 0.25) is 0 Å². The van der Waals surface area contributed by atoms with E-state index < -0.39 is 0 Å². The topological polar surface area (TPSA) is 47.6 Å². The Bertz CT molecular complexity index is 448. The fourth-order valence-electron chi connectivity index (χ4n) is 1.99. The average Bonchev–Trinajstić information content (AvgIpc) is 2.77. The Morgan fingerprint density at radius 3 is 3.17 bits per heavy atom. The van der Waals surface area contributed by atoms with Crippen LogP contribution in [0.15, 0.2) is 12.1 Å². The Morgan fingerprint density at radius 1 is 1.56 bits per heavy atom. The van der Waals surface area contributed by atoms with E-state index in [2.05, 4.69) is 5.32 Å². The van der Waals surface area contributed by atoms with Crippen LogP contribution in [0.2, 0.25) is 5.02 Å². The molecular formula is C13H16ClNO3. The van der Waals surface area contributed by atoms with Gasteiger partial charge >= 0.3 is 5.97 Å². The largest absolute Gasteiger partial charge is 0.493 e. The van der Waals surface area contributed by atoms with Crippen molar-refractivity contribution in [2.24, 2.45) is 0 Å². The monoisotopic (exact) mass is 269 g/mol. The molecule has 0 bridgehead atoms. The van der Waals surface area contributed by atoms with Gasteiger partial charge in [0, 0.05) is 23.6 Å². The lowest BCUT2D eigenvalue weighted by Crippen LogP contribution is -2.24. The molecule has 0 aliphatic carbocycles. The minimum absolute atomic E-state index is 0.190. The van der Waals surface area contributed by atoms with Crippen LogP contribution in [0.3, 0.4) is 0 Å². The standard InChI is InChI=1S/C13H16ClNO3/c1-2-17-12(16)8-15-7-10-6-11(14)5-9-3-4-18-13(9)10/h5-6,15H,2-4,7-8H2,1H3. The Balaban J connectivity index is 1.95. The van der Waals surface area contributed by atoms with Crippen molar-refractivity contribution in [2.75, 3.05) is 19.8 Å². The van der Waals surface area contributed by atoms with Gasteiger partial charge in [0.1, 0.15) is 5.75 Å². The first kappa shape index (κ1) is 13.2. The van der Waals surface area contributed by atoms with Gasteiger partial charge < -0.3 is 14.8 Å². The highest BCUT2D eigenvalue weighted by molar-refractivity contribution is 6.30. The first-order valence-electron chi connectivity index (χ1n) is 6.01. The molecule has 0 saturated heterocycles. The molecule has 1 aliphatic heterocycles. The Morgan fingerprint density at radius 2 is 2.39 bits per heavy atom. The molecule has 2 rings (SSSR count).